The number of rotatable bonds is 12. The topological polar surface area (TPSA) is 67.8 Å². The fourth-order valence-corrected chi connectivity index (χ4v) is 1.56. The maximum atomic E-state index is 11.2. The van der Waals surface area contributed by atoms with Gasteiger partial charge >= 0.3 is 5.97 Å². The lowest BCUT2D eigenvalue weighted by atomic mass is 9.96. The molecule has 0 amide bonds. The maximum absolute atomic E-state index is 11.2. The smallest absolute Gasteiger partial charge is 0.323 e. The summed E-state index contributed by atoms with van der Waals surface area (Å²) in [5.74, 6) is -0.801. The van der Waals surface area contributed by atoms with Crippen molar-refractivity contribution in [2.45, 2.75) is 45.6 Å². The number of carboxylic acid groups (broad SMARTS) is 1. The zero-order chi connectivity index (χ0) is 13.9. The summed E-state index contributed by atoms with van der Waals surface area (Å²) in [4.78, 5) is 11.2. The Kier molecular flexibility index (Phi) is 9.92. The molecule has 5 nitrogen and oxygen atoms in total. The second-order valence-electron chi connectivity index (χ2n) is 4.48. The molecule has 0 aromatic carbocycles. The Morgan fingerprint density at radius 2 is 1.89 bits per heavy atom. The zero-order valence-corrected chi connectivity index (χ0v) is 11.8. The molecule has 0 bridgehead atoms. The molecule has 0 heterocycles. The molecule has 0 rings (SSSR count). The first-order chi connectivity index (χ1) is 8.56. The van der Waals surface area contributed by atoms with E-state index in [1.165, 1.54) is 0 Å². The lowest BCUT2D eigenvalue weighted by Gasteiger charge is -2.26. The fraction of sp³-hybridized carbons (Fsp3) is 0.923. The number of nitrogens with one attached hydrogen (secondary N) is 1. The minimum absolute atomic E-state index is 0.566. The molecule has 0 aliphatic rings. The summed E-state index contributed by atoms with van der Waals surface area (Å²) in [5.41, 5.74) is -0.848. The Morgan fingerprint density at radius 1 is 1.22 bits per heavy atom. The van der Waals surface area contributed by atoms with Gasteiger partial charge < -0.3 is 19.9 Å². The third-order valence-electron chi connectivity index (χ3n) is 2.78. The van der Waals surface area contributed by atoms with Gasteiger partial charge in [-0.2, -0.15) is 0 Å². The van der Waals surface area contributed by atoms with E-state index in [9.17, 15) is 9.90 Å². The second-order valence-corrected chi connectivity index (χ2v) is 4.48. The molecule has 2 N–H and O–H groups in total. The Balaban J connectivity index is 3.73. The summed E-state index contributed by atoms with van der Waals surface area (Å²) in [5, 5.41) is 12.3. The van der Waals surface area contributed by atoms with Gasteiger partial charge in [0.25, 0.3) is 0 Å². The largest absolute Gasteiger partial charge is 0.480 e. The molecule has 0 aromatic rings. The van der Waals surface area contributed by atoms with Crippen molar-refractivity contribution in [1.82, 2.24) is 5.32 Å². The normalized spacial score (nSPS) is 14.4. The third kappa shape index (κ3) is 7.63. The minimum Gasteiger partial charge on any atom is -0.480 e. The minimum atomic E-state index is -0.848. The number of carboxylic acids is 1. The van der Waals surface area contributed by atoms with Crippen molar-refractivity contribution in [3.8, 4) is 0 Å². The fourth-order valence-electron chi connectivity index (χ4n) is 1.56. The van der Waals surface area contributed by atoms with Crippen LogP contribution in [0, 0.1) is 0 Å². The van der Waals surface area contributed by atoms with Gasteiger partial charge in [0.1, 0.15) is 5.54 Å². The first-order valence-electron chi connectivity index (χ1n) is 6.70. The average Bonchev–Trinajstić information content (AvgIpc) is 2.35. The van der Waals surface area contributed by atoms with Crippen molar-refractivity contribution in [2.75, 3.05) is 33.0 Å². The van der Waals surface area contributed by atoms with E-state index in [0.29, 0.717) is 39.4 Å². The summed E-state index contributed by atoms with van der Waals surface area (Å²) in [6.07, 6.45) is 2.22. The number of aliphatic carboxylic acids is 1. The summed E-state index contributed by atoms with van der Waals surface area (Å²) < 4.78 is 10.5. The van der Waals surface area contributed by atoms with Crippen molar-refractivity contribution in [3.05, 3.63) is 0 Å². The molecule has 0 fully saturated rings. The molecule has 108 valence electrons. The molecule has 1 atom stereocenters. The van der Waals surface area contributed by atoms with Gasteiger partial charge in [0.2, 0.25) is 0 Å². The van der Waals surface area contributed by atoms with Gasteiger partial charge in [0.05, 0.1) is 13.2 Å². The van der Waals surface area contributed by atoms with Crippen LogP contribution >= 0.6 is 0 Å². The van der Waals surface area contributed by atoms with E-state index in [-0.39, 0.29) is 0 Å². The Morgan fingerprint density at radius 3 is 2.44 bits per heavy atom. The second kappa shape index (κ2) is 10.3. The molecule has 0 spiro atoms. The van der Waals surface area contributed by atoms with Crippen molar-refractivity contribution < 1.29 is 19.4 Å². The van der Waals surface area contributed by atoms with E-state index in [4.69, 9.17) is 9.47 Å². The molecule has 0 saturated carbocycles. The van der Waals surface area contributed by atoms with Crippen LogP contribution in [0.4, 0.5) is 0 Å². The van der Waals surface area contributed by atoms with Gasteiger partial charge in [-0.3, -0.25) is 4.79 Å². The van der Waals surface area contributed by atoms with E-state index < -0.39 is 11.5 Å². The maximum Gasteiger partial charge on any atom is 0.323 e. The van der Waals surface area contributed by atoms with Crippen LogP contribution in [-0.2, 0) is 14.3 Å². The molecule has 5 heteroatoms. The van der Waals surface area contributed by atoms with Crippen LogP contribution in [0.5, 0.6) is 0 Å². The molecule has 0 aliphatic carbocycles. The van der Waals surface area contributed by atoms with Crippen LogP contribution in [-0.4, -0.2) is 49.6 Å². The number of ether oxygens (including phenoxy) is 2. The lowest BCUT2D eigenvalue weighted by molar-refractivity contribution is -0.144. The first kappa shape index (κ1) is 17.4. The Bertz CT molecular complexity index is 223. The van der Waals surface area contributed by atoms with Crippen molar-refractivity contribution in [3.63, 3.8) is 0 Å². The molecular weight excluding hydrogens is 234 g/mol. The third-order valence-corrected chi connectivity index (χ3v) is 2.78. The summed E-state index contributed by atoms with van der Waals surface area (Å²) in [7, 11) is 0. The monoisotopic (exact) mass is 261 g/mol. The molecule has 0 saturated heterocycles. The standard InChI is InChI=1S/C13H27NO4/c1-4-8-14-13(3,12(15)16)7-6-9-18-11-10-17-5-2/h14H,4-11H2,1-3H3,(H,15,16). The van der Waals surface area contributed by atoms with Crippen LogP contribution in [0.1, 0.15) is 40.0 Å². The number of hydrogen-bond acceptors (Lipinski definition) is 4. The van der Waals surface area contributed by atoms with Crippen LogP contribution in [0.25, 0.3) is 0 Å². The van der Waals surface area contributed by atoms with E-state index in [0.717, 1.165) is 12.8 Å². The van der Waals surface area contributed by atoms with Gasteiger partial charge in [-0.05, 0) is 39.7 Å². The predicted octanol–water partition coefficient (Wildman–Crippen LogP) is 1.66. The zero-order valence-electron chi connectivity index (χ0n) is 11.8. The SMILES string of the molecule is CCCNC(C)(CCCOCCOCC)C(=O)O. The van der Waals surface area contributed by atoms with Crippen molar-refractivity contribution >= 4 is 5.97 Å². The van der Waals surface area contributed by atoms with Gasteiger partial charge in [-0.15, -0.1) is 0 Å². The highest BCUT2D eigenvalue weighted by Crippen LogP contribution is 2.13. The molecule has 0 aliphatic heterocycles. The number of carbonyl (C=O) groups is 1. The highest BCUT2D eigenvalue weighted by atomic mass is 16.5. The van der Waals surface area contributed by atoms with Crippen LogP contribution in [0.3, 0.4) is 0 Å². The van der Waals surface area contributed by atoms with Crippen LogP contribution in [0.15, 0.2) is 0 Å². The van der Waals surface area contributed by atoms with E-state index >= 15 is 0 Å². The lowest BCUT2D eigenvalue weighted by Crippen LogP contribution is -2.49. The predicted molar refractivity (Wildman–Crippen MR) is 70.9 cm³/mol. The summed E-state index contributed by atoms with van der Waals surface area (Å²) >= 11 is 0. The Labute approximate surface area is 110 Å². The van der Waals surface area contributed by atoms with Gasteiger partial charge in [0.15, 0.2) is 0 Å². The van der Waals surface area contributed by atoms with Crippen LogP contribution in [0.2, 0.25) is 0 Å². The van der Waals surface area contributed by atoms with E-state index in [2.05, 4.69) is 5.32 Å². The van der Waals surface area contributed by atoms with Gasteiger partial charge in [0, 0.05) is 13.2 Å². The van der Waals surface area contributed by atoms with Gasteiger partial charge in [-0.1, -0.05) is 6.92 Å². The molecule has 1 unspecified atom stereocenters. The van der Waals surface area contributed by atoms with Crippen molar-refractivity contribution in [2.24, 2.45) is 0 Å². The Hall–Kier alpha value is -0.650. The van der Waals surface area contributed by atoms with Crippen LogP contribution < -0.4 is 5.32 Å². The quantitative estimate of drug-likeness (QED) is 0.523. The average molecular weight is 261 g/mol. The summed E-state index contributed by atoms with van der Waals surface area (Å²) in [6, 6.07) is 0. The van der Waals surface area contributed by atoms with Crippen molar-refractivity contribution in [1.29, 1.82) is 0 Å². The van der Waals surface area contributed by atoms with E-state index in [1.54, 1.807) is 6.92 Å². The highest BCUT2D eigenvalue weighted by molar-refractivity contribution is 5.78. The molecular formula is C13H27NO4. The molecule has 18 heavy (non-hydrogen) atoms. The van der Waals surface area contributed by atoms with Gasteiger partial charge in [-0.25, -0.2) is 0 Å². The molecule has 0 radical (unpaired) electrons. The molecule has 0 aromatic heterocycles. The number of hydrogen-bond donors (Lipinski definition) is 2. The van der Waals surface area contributed by atoms with E-state index in [1.807, 2.05) is 13.8 Å². The highest BCUT2D eigenvalue weighted by Gasteiger charge is 2.31. The first-order valence-corrected chi connectivity index (χ1v) is 6.70. The summed E-state index contributed by atoms with van der Waals surface area (Å²) in [6.45, 7) is 8.84.